The fraction of sp³-hybridized carbons (Fsp3) is 0.0769. The highest BCUT2D eigenvalue weighted by Gasteiger charge is 2.15. The molecule has 5 N–H and O–H groups in total. The second-order valence-electron chi connectivity index (χ2n) is 4.13. The average Bonchev–Trinajstić information content (AvgIpc) is 2.40. The van der Waals surface area contributed by atoms with Crippen molar-refractivity contribution in [2.24, 2.45) is 5.14 Å². The minimum absolute atomic E-state index is 0.0663. The second kappa shape index (κ2) is 5.40. The lowest BCUT2D eigenvalue weighted by Crippen LogP contribution is -2.14. The molecule has 0 saturated heterocycles. The molecule has 0 aromatic heterocycles. The van der Waals surface area contributed by atoms with Gasteiger partial charge in [0.05, 0.1) is 18.5 Å². The van der Waals surface area contributed by atoms with E-state index in [1.54, 1.807) is 30.3 Å². The van der Waals surface area contributed by atoms with Crippen molar-refractivity contribution < 1.29 is 13.2 Å². The van der Waals surface area contributed by atoms with E-state index in [0.29, 0.717) is 22.8 Å². The van der Waals surface area contributed by atoms with Crippen LogP contribution in [-0.4, -0.2) is 15.5 Å². The summed E-state index contributed by atoms with van der Waals surface area (Å²) in [6.45, 7) is 0. The summed E-state index contributed by atoms with van der Waals surface area (Å²) in [5, 5.41) is 8.18. The zero-order valence-electron chi connectivity index (χ0n) is 10.8. The van der Waals surface area contributed by atoms with Gasteiger partial charge in [-0.1, -0.05) is 12.1 Å². The third-order valence-electron chi connectivity index (χ3n) is 2.69. The van der Waals surface area contributed by atoms with Gasteiger partial charge in [-0.3, -0.25) is 0 Å². The summed E-state index contributed by atoms with van der Waals surface area (Å²) in [6, 6.07) is 11.6. The molecule has 6 nitrogen and oxygen atoms in total. The summed E-state index contributed by atoms with van der Waals surface area (Å²) in [4.78, 5) is -0.0663. The molecule has 106 valence electrons. The van der Waals surface area contributed by atoms with Gasteiger partial charge in [-0.05, 0) is 30.3 Å². The predicted molar refractivity (Wildman–Crippen MR) is 78.5 cm³/mol. The quantitative estimate of drug-likeness (QED) is 0.743. The van der Waals surface area contributed by atoms with Gasteiger partial charge in [-0.25, -0.2) is 13.6 Å². The lowest BCUT2D eigenvalue weighted by atomic mass is 10.2. The molecular formula is C13H15N3O3S. The fourth-order valence-corrected chi connectivity index (χ4v) is 2.50. The predicted octanol–water partition coefficient (Wildman–Crippen LogP) is 1.67. The van der Waals surface area contributed by atoms with Crippen LogP contribution < -0.4 is 20.9 Å². The Balaban J connectivity index is 2.49. The number of hydrogen-bond donors (Lipinski definition) is 3. The number of benzene rings is 2. The van der Waals surface area contributed by atoms with E-state index in [-0.39, 0.29) is 4.90 Å². The van der Waals surface area contributed by atoms with E-state index < -0.39 is 10.0 Å². The number of rotatable bonds is 4. The molecule has 2 rings (SSSR count). The Bertz CT molecular complexity index is 729. The molecule has 0 fully saturated rings. The number of ether oxygens (including phenoxy) is 1. The topological polar surface area (TPSA) is 107 Å². The number of para-hydroxylation sites is 2. The van der Waals surface area contributed by atoms with Gasteiger partial charge >= 0.3 is 0 Å². The maximum atomic E-state index is 11.6. The molecule has 2 aromatic carbocycles. The molecule has 0 saturated carbocycles. The summed E-state index contributed by atoms with van der Waals surface area (Å²) >= 11 is 0. The van der Waals surface area contributed by atoms with E-state index in [0.717, 1.165) is 0 Å². The first-order valence-electron chi connectivity index (χ1n) is 5.74. The minimum Gasteiger partial charge on any atom is -0.495 e. The summed E-state index contributed by atoms with van der Waals surface area (Å²) in [5.41, 5.74) is 6.89. The highest BCUT2D eigenvalue weighted by molar-refractivity contribution is 7.89. The molecule has 20 heavy (non-hydrogen) atoms. The number of methoxy groups -OCH3 is 1. The zero-order chi connectivity index (χ0) is 14.8. The fourth-order valence-electron chi connectivity index (χ4n) is 1.77. The van der Waals surface area contributed by atoms with Gasteiger partial charge < -0.3 is 15.8 Å². The van der Waals surface area contributed by atoms with Crippen molar-refractivity contribution in [1.29, 1.82) is 0 Å². The molecule has 0 amide bonds. The number of sulfonamides is 1. The first-order chi connectivity index (χ1) is 9.41. The van der Waals surface area contributed by atoms with Gasteiger partial charge in [0.2, 0.25) is 10.0 Å². The first kappa shape index (κ1) is 14.2. The summed E-state index contributed by atoms with van der Waals surface area (Å²) < 4.78 is 28.4. The molecule has 0 unspecified atom stereocenters. The van der Waals surface area contributed by atoms with Crippen LogP contribution in [0.5, 0.6) is 5.75 Å². The van der Waals surface area contributed by atoms with Crippen LogP contribution in [0.4, 0.5) is 17.1 Å². The van der Waals surface area contributed by atoms with Crippen molar-refractivity contribution in [3.05, 3.63) is 42.5 Å². The largest absolute Gasteiger partial charge is 0.495 e. The van der Waals surface area contributed by atoms with Crippen LogP contribution in [0.25, 0.3) is 0 Å². The van der Waals surface area contributed by atoms with Gasteiger partial charge in [-0.2, -0.15) is 0 Å². The van der Waals surface area contributed by atoms with Crippen LogP contribution in [0.15, 0.2) is 47.4 Å². The normalized spacial score (nSPS) is 11.1. The summed E-state index contributed by atoms with van der Waals surface area (Å²) in [5.74, 6) is 0.588. The first-order valence-corrected chi connectivity index (χ1v) is 7.29. The lowest BCUT2D eigenvalue weighted by molar-refractivity contribution is 0.417. The summed E-state index contributed by atoms with van der Waals surface area (Å²) in [7, 11) is -2.35. The Hall–Kier alpha value is -2.25. The van der Waals surface area contributed by atoms with E-state index in [9.17, 15) is 8.42 Å². The van der Waals surface area contributed by atoms with Crippen molar-refractivity contribution in [2.75, 3.05) is 18.2 Å². The van der Waals surface area contributed by atoms with E-state index in [1.807, 2.05) is 6.07 Å². The highest BCUT2D eigenvalue weighted by atomic mass is 32.2. The number of nitrogens with two attached hydrogens (primary N) is 2. The lowest BCUT2D eigenvalue weighted by Gasteiger charge is -2.14. The van der Waals surface area contributed by atoms with E-state index >= 15 is 0 Å². The zero-order valence-corrected chi connectivity index (χ0v) is 11.6. The standard InChI is InChI=1S/C13H15N3O3S/c1-19-12-5-3-2-4-10(12)16-11-7-6-9(14)8-13(11)20(15,17)18/h2-8,16H,14H2,1H3,(H2,15,17,18). The third-order valence-corrected chi connectivity index (χ3v) is 3.64. The van der Waals surface area contributed by atoms with Crippen LogP contribution in [0.3, 0.4) is 0 Å². The third kappa shape index (κ3) is 3.01. The van der Waals surface area contributed by atoms with Gasteiger partial charge in [-0.15, -0.1) is 0 Å². The molecule has 0 heterocycles. The Kier molecular flexibility index (Phi) is 3.82. The number of nitrogens with one attached hydrogen (secondary N) is 1. The second-order valence-corrected chi connectivity index (χ2v) is 5.66. The molecule has 0 aliphatic heterocycles. The average molecular weight is 293 g/mol. The monoisotopic (exact) mass is 293 g/mol. The smallest absolute Gasteiger partial charge is 0.240 e. The van der Waals surface area contributed by atoms with Crippen LogP contribution in [-0.2, 0) is 10.0 Å². The van der Waals surface area contributed by atoms with Crippen LogP contribution in [0.1, 0.15) is 0 Å². The highest BCUT2D eigenvalue weighted by Crippen LogP contribution is 2.31. The van der Waals surface area contributed by atoms with Gasteiger partial charge in [0, 0.05) is 5.69 Å². The van der Waals surface area contributed by atoms with E-state index in [2.05, 4.69) is 5.32 Å². The Morgan fingerprint density at radius 3 is 2.45 bits per heavy atom. The number of hydrogen-bond acceptors (Lipinski definition) is 5. The van der Waals surface area contributed by atoms with Crippen LogP contribution in [0.2, 0.25) is 0 Å². The van der Waals surface area contributed by atoms with Crippen molar-refractivity contribution in [1.82, 2.24) is 0 Å². The number of primary sulfonamides is 1. The molecule has 0 bridgehead atoms. The molecule has 7 heteroatoms. The van der Waals surface area contributed by atoms with Gasteiger partial charge in [0.1, 0.15) is 10.6 Å². The SMILES string of the molecule is COc1ccccc1Nc1ccc(N)cc1S(N)(=O)=O. The number of nitrogen functional groups attached to an aromatic ring is 1. The number of anilines is 3. The van der Waals surface area contributed by atoms with Gasteiger partial charge in [0.25, 0.3) is 0 Å². The summed E-state index contributed by atoms with van der Waals surface area (Å²) in [6.07, 6.45) is 0. The van der Waals surface area contributed by atoms with Crippen LogP contribution >= 0.6 is 0 Å². The molecule has 0 atom stereocenters. The molecular weight excluding hydrogens is 278 g/mol. The van der Waals surface area contributed by atoms with E-state index in [1.165, 1.54) is 13.2 Å². The van der Waals surface area contributed by atoms with Crippen molar-refractivity contribution >= 4 is 27.1 Å². The Labute approximate surface area is 117 Å². The maximum absolute atomic E-state index is 11.6. The van der Waals surface area contributed by atoms with Crippen LogP contribution in [0, 0.1) is 0 Å². The maximum Gasteiger partial charge on any atom is 0.240 e. The minimum atomic E-state index is -3.88. The molecule has 0 spiro atoms. The molecule has 0 radical (unpaired) electrons. The van der Waals surface area contributed by atoms with Crippen molar-refractivity contribution in [2.45, 2.75) is 4.90 Å². The molecule has 0 aliphatic rings. The Morgan fingerprint density at radius 1 is 1.10 bits per heavy atom. The Morgan fingerprint density at radius 2 is 1.80 bits per heavy atom. The van der Waals surface area contributed by atoms with Crippen molar-refractivity contribution in [3.63, 3.8) is 0 Å². The molecule has 0 aliphatic carbocycles. The van der Waals surface area contributed by atoms with Gasteiger partial charge in [0.15, 0.2) is 0 Å². The van der Waals surface area contributed by atoms with E-state index in [4.69, 9.17) is 15.6 Å². The van der Waals surface area contributed by atoms with Crippen molar-refractivity contribution in [3.8, 4) is 5.75 Å². The molecule has 2 aromatic rings.